The highest BCUT2D eigenvalue weighted by Crippen LogP contribution is 2.53. The van der Waals surface area contributed by atoms with Gasteiger partial charge in [0.2, 0.25) is 0 Å². The maximum Gasteiger partial charge on any atom is 0.198 e. The van der Waals surface area contributed by atoms with Crippen LogP contribution in [0.3, 0.4) is 0 Å². The number of anilines is 2. The summed E-state index contributed by atoms with van der Waals surface area (Å²) in [6.45, 7) is 21.4. The zero-order valence-corrected chi connectivity index (χ0v) is 41.4. The summed E-state index contributed by atoms with van der Waals surface area (Å²) in [7, 11) is 0.806. The molecule has 68 heavy (non-hydrogen) atoms. The summed E-state index contributed by atoms with van der Waals surface area (Å²) in [5.74, 6) is 0. The lowest BCUT2D eigenvalue weighted by atomic mass is 9.59. The third-order valence-corrected chi connectivity index (χ3v) is 17.9. The average Bonchev–Trinajstić information content (AvgIpc) is 4.02. The number of nitrogens with one attached hydrogen (secondary N) is 1. The molecule has 11 aromatic rings. The number of nitrogens with zero attached hydrogens (tertiary/aromatic N) is 1. The van der Waals surface area contributed by atoms with Crippen molar-refractivity contribution in [2.45, 2.75) is 96.8 Å². The van der Waals surface area contributed by atoms with Gasteiger partial charge in [-0.1, -0.05) is 141 Å². The zero-order valence-electron chi connectivity index (χ0n) is 40.6. The standard InChI is InChI=1S/C63H55BN2OS/c1-60(2,3)34-18-20-35(21-19-34)65-51-32-57-44(45-28-48-49(31-56(45)68-57)62(6,7)25-24-61(48,4)5)27-41(51)38-22-23-39-42-26-40-36-14-10-12-16-46(36)63(8,9)47(40)30-52(42)66-53-33-55-43(29-50(53)64-58(38)59(39)66)37-15-11-13-17-54(37)67-55/h10-23,26-33,64-65H,24-25H2,1-9H3. The van der Waals surface area contributed by atoms with Crippen LogP contribution in [0.2, 0.25) is 0 Å². The van der Waals surface area contributed by atoms with Crippen molar-refractivity contribution in [3.63, 3.8) is 0 Å². The summed E-state index contributed by atoms with van der Waals surface area (Å²) >= 11 is 1.94. The Labute approximate surface area is 403 Å². The molecule has 0 spiro atoms. The summed E-state index contributed by atoms with van der Waals surface area (Å²) in [6.07, 6.45) is 2.40. The normalized spacial score (nSPS) is 16.4. The van der Waals surface area contributed by atoms with Crippen molar-refractivity contribution in [2.24, 2.45) is 0 Å². The molecule has 1 aliphatic heterocycles. The molecule has 0 atom stereocenters. The van der Waals surface area contributed by atoms with Gasteiger partial charge in [-0.25, -0.2) is 0 Å². The van der Waals surface area contributed by atoms with E-state index in [1.807, 2.05) is 11.3 Å². The molecule has 0 unspecified atom stereocenters. The molecule has 5 heteroatoms. The van der Waals surface area contributed by atoms with E-state index in [1.165, 1.54) is 127 Å². The van der Waals surface area contributed by atoms with E-state index in [-0.39, 0.29) is 21.7 Å². The molecule has 14 rings (SSSR count). The molecule has 2 aliphatic carbocycles. The van der Waals surface area contributed by atoms with Crippen molar-refractivity contribution in [1.29, 1.82) is 0 Å². The van der Waals surface area contributed by atoms with E-state index in [0.717, 1.165) is 35.2 Å². The molecule has 0 radical (unpaired) electrons. The van der Waals surface area contributed by atoms with E-state index >= 15 is 0 Å². The van der Waals surface area contributed by atoms with Gasteiger partial charge in [-0.05, 0) is 134 Å². The number of benzene rings is 8. The molecule has 3 aromatic heterocycles. The fraction of sp³-hybridized carbons (Fsp3) is 0.238. The average molecular weight is 899 g/mol. The van der Waals surface area contributed by atoms with E-state index in [1.54, 1.807) is 0 Å². The number of hydrogen-bond donors (Lipinski definition) is 1. The minimum Gasteiger partial charge on any atom is -0.456 e. The molecule has 8 aromatic carbocycles. The lowest BCUT2D eigenvalue weighted by Gasteiger charge is -2.41. The lowest BCUT2D eigenvalue weighted by molar-refractivity contribution is 0.332. The van der Waals surface area contributed by atoms with E-state index < -0.39 is 0 Å². The maximum atomic E-state index is 6.64. The first-order valence-corrected chi connectivity index (χ1v) is 25.5. The number of rotatable bonds is 3. The molecule has 0 amide bonds. The Morgan fingerprint density at radius 2 is 1.26 bits per heavy atom. The van der Waals surface area contributed by atoms with E-state index in [0.29, 0.717) is 0 Å². The highest BCUT2D eigenvalue weighted by Gasteiger charge is 2.39. The molecule has 332 valence electrons. The SMILES string of the molecule is CC(C)(C)c1ccc(Nc2cc3sc4cc5c(cc4c3cc2-c2ccc3c4cc6c(cc4n4c3c2Bc2cc3c(cc2-4)oc2ccccc23)C(C)(C)c2ccccc2-6)C(C)(C)CCC5(C)C)cc1. The first-order chi connectivity index (χ1) is 32.5. The molecule has 0 saturated heterocycles. The molecular weight excluding hydrogens is 844 g/mol. The van der Waals surface area contributed by atoms with Crippen LogP contribution in [0.1, 0.15) is 103 Å². The smallest absolute Gasteiger partial charge is 0.198 e. The predicted molar refractivity (Wildman–Crippen MR) is 294 cm³/mol. The van der Waals surface area contributed by atoms with E-state index in [4.69, 9.17) is 4.42 Å². The van der Waals surface area contributed by atoms with Crippen molar-refractivity contribution < 1.29 is 4.42 Å². The molecule has 3 nitrogen and oxygen atoms in total. The fourth-order valence-electron chi connectivity index (χ4n) is 12.8. The van der Waals surface area contributed by atoms with Crippen LogP contribution >= 0.6 is 11.3 Å². The van der Waals surface area contributed by atoms with Crippen LogP contribution in [-0.2, 0) is 21.7 Å². The van der Waals surface area contributed by atoms with Gasteiger partial charge in [-0.2, -0.15) is 0 Å². The summed E-state index contributed by atoms with van der Waals surface area (Å²) in [6, 6.07) is 51.4. The summed E-state index contributed by atoms with van der Waals surface area (Å²) in [5, 5.41) is 11.7. The maximum absolute atomic E-state index is 6.64. The molecular formula is C63H55BN2OS. The molecule has 0 bridgehead atoms. The van der Waals surface area contributed by atoms with Gasteiger partial charge in [0, 0.05) is 81.3 Å². The summed E-state index contributed by atoms with van der Waals surface area (Å²) in [4.78, 5) is 0. The number of hydrogen-bond acceptors (Lipinski definition) is 3. The number of thiophene rings is 1. The highest BCUT2D eigenvalue weighted by molar-refractivity contribution is 7.25. The minimum atomic E-state index is -0.125. The van der Waals surface area contributed by atoms with Gasteiger partial charge in [0.15, 0.2) is 7.28 Å². The van der Waals surface area contributed by atoms with Crippen LogP contribution in [0, 0.1) is 0 Å². The van der Waals surface area contributed by atoms with Gasteiger partial charge < -0.3 is 14.3 Å². The monoisotopic (exact) mass is 898 g/mol. The van der Waals surface area contributed by atoms with E-state index in [9.17, 15) is 0 Å². The van der Waals surface area contributed by atoms with Crippen molar-refractivity contribution in [2.75, 3.05) is 5.32 Å². The van der Waals surface area contributed by atoms with Gasteiger partial charge in [0.25, 0.3) is 0 Å². The largest absolute Gasteiger partial charge is 0.456 e. The third kappa shape index (κ3) is 5.54. The highest BCUT2D eigenvalue weighted by atomic mass is 32.1. The Bertz CT molecular complexity index is 4030. The second kappa shape index (κ2) is 13.4. The number of para-hydroxylation sites is 1. The Morgan fingerprint density at radius 1 is 0.559 bits per heavy atom. The van der Waals surface area contributed by atoms with Crippen molar-refractivity contribution >= 4 is 105 Å². The topological polar surface area (TPSA) is 30.1 Å². The van der Waals surface area contributed by atoms with Crippen molar-refractivity contribution in [1.82, 2.24) is 4.57 Å². The summed E-state index contributed by atoms with van der Waals surface area (Å²) in [5.41, 5.74) is 23.1. The number of fused-ring (bicyclic) bond motifs is 15. The predicted octanol–water partition coefficient (Wildman–Crippen LogP) is 16.1. The Kier molecular flexibility index (Phi) is 7.96. The summed E-state index contributed by atoms with van der Waals surface area (Å²) < 4.78 is 11.9. The lowest BCUT2D eigenvalue weighted by Crippen LogP contribution is -2.37. The number of aromatic nitrogens is 1. The van der Waals surface area contributed by atoms with Crippen LogP contribution in [0.15, 0.2) is 138 Å². The molecule has 0 fully saturated rings. The van der Waals surface area contributed by atoms with Gasteiger partial charge in [0.05, 0.1) is 5.52 Å². The molecule has 3 aliphatic rings. The van der Waals surface area contributed by atoms with Crippen LogP contribution in [-0.4, -0.2) is 11.8 Å². The Hall–Kier alpha value is -6.56. The molecule has 4 heterocycles. The quantitative estimate of drug-likeness (QED) is 0.179. The number of furan rings is 1. The van der Waals surface area contributed by atoms with Crippen LogP contribution in [0.4, 0.5) is 11.4 Å². The molecule has 0 saturated carbocycles. The van der Waals surface area contributed by atoms with Crippen molar-refractivity contribution in [3.05, 3.63) is 161 Å². The first kappa shape index (κ1) is 40.5. The second-order valence-electron chi connectivity index (χ2n) is 23.3. The minimum absolute atomic E-state index is 0.0718. The zero-order chi connectivity index (χ0) is 46.4. The van der Waals surface area contributed by atoms with Crippen LogP contribution in [0.25, 0.3) is 91.9 Å². The second-order valence-corrected chi connectivity index (χ2v) is 24.4. The Morgan fingerprint density at radius 3 is 2.06 bits per heavy atom. The van der Waals surface area contributed by atoms with Gasteiger partial charge >= 0.3 is 0 Å². The molecule has 1 N–H and O–H groups in total. The van der Waals surface area contributed by atoms with Crippen molar-refractivity contribution in [3.8, 4) is 27.9 Å². The van der Waals surface area contributed by atoms with Crippen LogP contribution < -0.4 is 16.2 Å². The van der Waals surface area contributed by atoms with Gasteiger partial charge in [0.1, 0.15) is 11.2 Å². The van der Waals surface area contributed by atoms with Gasteiger partial charge in [-0.3, -0.25) is 0 Å². The van der Waals surface area contributed by atoms with E-state index in [2.05, 4.69) is 206 Å². The van der Waals surface area contributed by atoms with Crippen LogP contribution in [0.5, 0.6) is 0 Å². The third-order valence-electron chi connectivity index (χ3n) is 16.8. The first-order valence-electron chi connectivity index (χ1n) is 24.7. The Balaban J connectivity index is 1.06. The fourth-order valence-corrected chi connectivity index (χ4v) is 14.0. The van der Waals surface area contributed by atoms with Gasteiger partial charge in [-0.15, -0.1) is 11.3 Å².